The van der Waals surface area contributed by atoms with Gasteiger partial charge in [0.2, 0.25) is 5.89 Å². The average molecular weight is 447 g/mol. The maximum atomic E-state index is 6.25. The van der Waals surface area contributed by atoms with Gasteiger partial charge < -0.3 is 8.83 Å². The zero-order chi connectivity index (χ0) is 21.4. The molecule has 0 N–H and O–H groups in total. The fourth-order valence-electron chi connectivity index (χ4n) is 3.24. The van der Waals surface area contributed by atoms with E-state index in [2.05, 4.69) is 9.98 Å². The van der Waals surface area contributed by atoms with Gasteiger partial charge in [-0.3, -0.25) is 4.99 Å². The number of oxazole rings is 1. The zero-order valence-electron chi connectivity index (χ0n) is 16.5. The minimum atomic E-state index is 0.576. The molecule has 0 atom stereocenters. The Morgan fingerprint density at radius 1 is 0.871 bits per heavy atom. The molecule has 152 valence electrons. The summed E-state index contributed by atoms with van der Waals surface area (Å²) in [7, 11) is 0. The minimum absolute atomic E-state index is 0.576. The third-order valence-corrected chi connectivity index (χ3v) is 5.38. The molecule has 0 saturated carbocycles. The highest BCUT2D eigenvalue weighted by Gasteiger charge is 2.10. The summed E-state index contributed by atoms with van der Waals surface area (Å²) in [5, 5.41) is 1.17. The van der Waals surface area contributed by atoms with Gasteiger partial charge >= 0.3 is 0 Å². The predicted molar refractivity (Wildman–Crippen MR) is 126 cm³/mol. The number of halogens is 2. The van der Waals surface area contributed by atoms with E-state index in [0.717, 1.165) is 33.5 Å². The van der Waals surface area contributed by atoms with E-state index in [0.29, 0.717) is 27.5 Å². The Morgan fingerprint density at radius 3 is 2.55 bits per heavy atom. The number of hydrogen-bond donors (Lipinski definition) is 0. The zero-order valence-corrected chi connectivity index (χ0v) is 18.0. The second kappa shape index (κ2) is 8.06. The van der Waals surface area contributed by atoms with Crippen LogP contribution in [0.2, 0.25) is 10.0 Å². The number of furan rings is 1. The lowest BCUT2D eigenvalue weighted by atomic mass is 10.2. The molecule has 0 saturated heterocycles. The van der Waals surface area contributed by atoms with Crippen LogP contribution in [0.25, 0.3) is 33.9 Å². The van der Waals surface area contributed by atoms with Crippen LogP contribution in [0.3, 0.4) is 0 Å². The lowest BCUT2D eigenvalue weighted by Gasteiger charge is -2.01. The summed E-state index contributed by atoms with van der Waals surface area (Å²) in [5.74, 6) is 1.84. The third-order valence-electron chi connectivity index (χ3n) is 4.82. The summed E-state index contributed by atoms with van der Waals surface area (Å²) in [6, 6.07) is 22.6. The van der Waals surface area contributed by atoms with Crippen molar-refractivity contribution in [1.82, 2.24) is 4.98 Å². The number of nitrogens with zero attached hydrogens (tertiary/aromatic N) is 2. The summed E-state index contributed by atoms with van der Waals surface area (Å²) in [6.45, 7) is 2.03. The first-order chi connectivity index (χ1) is 15.0. The van der Waals surface area contributed by atoms with Crippen molar-refractivity contribution in [2.45, 2.75) is 6.92 Å². The Hall–Kier alpha value is -3.34. The van der Waals surface area contributed by atoms with Crippen LogP contribution in [-0.2, 0) is 0 Å². The number of rotatable bonds is 4. The number of fused-ring (bicyclic) bond motifs is 1. The smallest absolute Gasteiger partial charge is 0.227 e. The molecule has 0 unspecified atom stereocenters. The van der Waals surface area contributed by atoms with Crippen LogP contribution < -0.4 is 0 Å². The van der Waals surface area contributed by atoms with E-state index in [1.165, 1.54) is 0 Å². The van der Waals surface area contributed by atoms with E-state index in [1.54, 1.807) is 24.4 Å². The first-order valence-corrected chi connectivity index (χ1v) is 10.4. The van der Waals surface area contributed by atoms with Gasteiger partial charge in [-0.15, -0.1) is 0 Å². The summed E-state index contributed by atoms with van der Waals surface area (Å²) < 4.78 is 11.7. The monoisotopic (exact) mass is 446 g/mol. The third kappa shape index (κ3) is 4.13. The number of aliphatic imine (C=N–C) groups is 1. The second-order valence-corrected chi connectivity index (χ2v) is 7.97. The van der Waals surface area contributed by atoms with Gasteiger partial charge in [0.05, 0.1) is 16.9 Å². The highest BCUT2D eigenvalue weighted by molar-refractivity contribution is 6.35. The molecule has 5 aromatic rings. The van der Waals surface area contributed by atoms with Gasteiger partial charge in [0, 0.05) is 16.1 Å². The Kier molecular flexibility index (Phi) is 5.10. The molecule has 2 aromatic heterocycles. The maximum absolute atomic E-state index is 6.25. The van der Waals surface area contributed by atoms with E-state index in [4.69, 9.17) is 32.0 Å². The Morgan fingerprint density at radius 2 is 1.71 bits per heavy atom. The van der Waals surface area contributed by atoms with Crippen molar-refractivity contribution >= 4 is 46.2 Å². The molecule has 0 aliphatic heterocycles. The Labute approximate surface area is 188 Å². The Bertz CT molecular complexity index is 1420. The number of benzene rings is 3. The predicted octanol–water partition coefficient (Wildman–Crippen LogP) is 8.12. The summed E-state index contributed by atoms with van der Waals surface area (Å²) >= 11 is 12.3. The molecule has 2 heterocycles. The lowest BCUT2D eigenvalue weighted by Crippen LogP contribution is -1.78. The van der Waals surface area contributed by atoms with E-state index < -0.39 is 0 Å². The SMILES string of the molecule is Cc1ccc2nc(-c3ccc(N=Cc4ccc(-c5cc(Cl)ccc5Cl)o4)cc3)oc2c1. The summed E-state index contributed by atoms with van der Waals surface area (Å²) in [5.41, 5.74) is 5.19. The molecular formula is C25H16Cl2N2O2. The maximum Gasteiger partial charge on any atom is 0.227 e. The fraction of sp³-hybridized carbons (Fsp3) is 0.0400. The van der Waals surface area contributed by atoms with Crippen molar-refractivity contribution in [2.24, 2.45) is 4.99 Å². The van der Waals surface area contributed by atoms with Gasteiger partial charge in [-0.2, -0.15) is 0 Å². The van der Waals surface area contributed by atoms with Crippen LogP contribution in [0, 0.1) is 6.92 Å². The number of aromatic nitrogens is 1. The van der Waals surface area contributed by atoms with Crippen molar-refractivity contribution in [1.29, 1.82) is 0 Å². The number of aryl methyl sites for hydroxylation is 1. The van der Waals surface area contributed by atoms with Gasteiger partial charge in [0.1, 0.15) is 17.0 Å². The molecule has 6 heteroatoms. The van der Waals surface area contributed by atoms with E-state index in [-0.39, 0.29) is 0 Å². The van der Waals surface area contributed by atoms with Crippen LogP contribution in [0.15, 0.2) is 86.6 Å². The molecule has 0 fully saturated rings. The van der Waals surface area contributed by atoms with E-state index in [9.17, 15) is 0 Å². The fourth-order valence-corrected chi connectivity index (χ4v) is 3.62. The van der Waals surface area contributed by atoms with Crippen LogP contribution in [0.5, 0.6) is 0 Å². The molecule has 0 bridgehead atoms. The minimum Gasteiger partial charge on any atom is -0.455 e. The second-order valence-electron chi connectivity index (χ2n) is 7.12. The van der Waals surface area contributed by atoms with E-state index >= 15 is 0 Å². The van der Waals surface area contributed by atoms with E-state index in [1.807, 2.05) is 61.5 Å². The van der Waals surface area contributed by atoms with Crippen molar-refractivity contribution in [3.8, 4) is 22.8 Å². The molecular weight excluding hydrogens is 431 g/mol. The van der Waals surface area contributed by atoms with Crippen LogP contribution in [0.1, 0.15) is 11.3 Å². The molecule has 0 radical (unpaired) electrons. The molecule has 5 rings (SSSR count). The highest BCUT2D eigenvalue weighted by atomic mass is 35.5. The summed E-state index contributed by atoms with van der Waals surface area (Å²) in [4.78, 5) is 9.04. The van der Waals surface area contributed by atoms with Gasteiger partial charge in [-0.1, -0.05) is 29.3 Å². The normalized spacial score (nSPS) is 11.6. The van der Waals surface area contributed by atoms with Gasteiger partial charge in [-0.05, 0) is 79.2 Å². The molecule has 0 spiro atoms. The molecule has 0 aliphatic carbocycles. The quantitative estimate of drug-likeness (QED) is 0.262. The topological polar surface area (TPSA) is 51.5 Å². The molecule has 3 aromatic carbocycles. The molecule has 0 aliphatic rings. The Balaban J connectivity index is 1.35. The van der Waals surface area contributed by atoms with Crippen molar-refractivity contribution in [3.05, 3.63) is 94.2 Å². The van der Waals surface area contributed by atoms with Crippen LogP contribution in [0.4, 0.5) is 5.69 Å². The molecule has 0 amide bonds. The van der Waals surface area contributed by atoms with Crippen molar-refractivity contribution < 1.29 is 8.83 Å². The van der Waals surface area contributed by atoms with Crippen LogP contribution in [-0.4, -0.2) is 11.2 Å². The van der Waals surface area contributed by atoms with Crippen molar-refractivity contribution in [2.75, 3.05) is 0 Å². The first-order valence-electron chi connectivity index (χ1n) is 9.62. The molecule has 31 heavy (non-hydrogen) atoms. The number of hydrogen-bond acceptors (Lipinski definition) is 4. The first kappa shape index (κ1) is 19.6. The van der Waals surface area contributed by atoms with Gasteiger partial charge in [0.25, 0.3) is 0 Å². The van der Waals surface area contributed by atoms with Gasteiger partial charge in [0.15, 0.2) is 5.58 Å². The lowest BCUT2D eigenvalue weighted by molar-refractivity contribution is 0.575. The molecule has 4 nitrogen and oxygen atoms in total. The highest BCUT2D eigenvalue weighted by Crippen LogP contribution is 2.32. The largest absolute Gasteiger partial charge is 0.455 e. The summed E-state index contributed by atoms with van der Waals surface area (Å²) in [6.07, 6.45) is 1.67. The van der Waals surface area contributed by atoms with Gasteiger partial charge in [-0.25, -0.2) is 4.98 Å². The van der Waals surface area contributed by atoms with Crippen LogP contribution >= 0.6 is 23.2 Å². The average Bonchev–Trinajstić information content (AvgIpc) is 3.41. The van der Waals surface area contributed by atoms with Crippen molar-refractivity contribution in [3.63, 3.8) is 0 Å². The standard InChI is InChI=1S/C25H16Cl2N2O2/c1-15-2-10-22-24(12-15)31-25(29-22)16-3-6-18(7-4-16)28-14-19-8-11-23(30-19)20-13-17(26)5-9-21(20)27/h2-14H,1H3.